The monoisotopic (exact) mass is 251 g/mol. The van der Waals surface area contributed by atoms with Crippen LogP contribution in [0.4, 0.5) is 0 Å². The van der Waals surface area contributed by atoms with Crippen molar-refractivity contribution in [3.63, 3.8) is 0 Å². The number of carbonyl (C=O) groups is 2. The average molecular weight is 252 g/mol. The van der Waals surface area contributed by atoms with Crippen LogP contribution < -0.4 is 0 Å². The van der Waals surface area contributed by atoms with E-state index in [1.54, 1.807) is 20.8 Å². The molecule has 0 rings (SSSR count). The largest absolute Gasteiger partial charge is 0.459 e. The number of hydrogen-bond donors (Lipinski definition) is 0. The van der Waals surface area contributed by atoms with Crippen LogP contribution >= 0.6 is 16.1 Å². The highest BCUT2D eigenvalue weighted by Gasteiger charge is 2.18. The van der Waals surface area contributed by atoms with Gasteiger partial charge in [0.2, 0.25) is 5.91 Å². The van der Waals surface area contributed by atoms with E-state index < -0.39 is 11.6 Å². The molecule has 5 heteroatoms. The van der Waals surface area contributed by atoms with Crippen molar-refractivity contribution < 1.29 is 14.3 Å². The Bertz CT molecular complexity index is 210. The van der Waals surface area contributed by atoms with Crippen LogP contribution in [-0.4, -0.2) is 27.9 Å². The van der Waals surface area contributed by atoms with Crippen molar-refractivity contribution in [3.05, 3.63) is 0 Å². The van der Waals surface area contributed by atoms with Crippen molar-refractivity contribution in [3.8, 4) is 0 Å². The van der Waals surface area contributed by atoms with Crippen molar-refractivity contribution in [1.82, 2.24) is 3.93 Å². The maximum absolute atomic E-state index is 11.1. The number of amides is 1. The molecule has 0 aliphatic heterocycles. The first-order chi connectivity index (χ1) is 5.72. The quantitative estimate of drug-likeness (QED) is 0.552. The van der Waals surface area contributed by atoms with E-state index in [-0.39, 0.29) is 12.5 Å². The van der Waals surface area contributed by atoms with Gasteiger partial charge in [0.15, 0.2) is 0 Å². The van der Waals surface area contributed by atoms with Gasteiger partial charge in [-0.15, -0.1) is 0 Å². The number of carbonyl (C=O) groups excluding carboxylic acids is 2. The van der Waals surface area contributed by atoms with Gasteiger partial charge in [0, 0.05) is 6.92 Å². The first-order valence-electron chi connectivity index (χ1n) is 3.88. The van der Waals surface area contributed by atoms with Crippen LogP contribution in [-0.2, 0) is 14.3 Å². The predicted octanol–water partition coefficient (Wildman–Crippen LogP) is 1.49. The highest BCUT2D eigenvalue weighted by Crippen LogP contribution is 2.08. The average Bonchev–Trinajstić information content (AvgIpc) is 1.81. The number of rotatable bonds is 2. The molecule has 0 aliphatic carbocycles. The fourth-order valence-electron chi connectivity index (χ4n) is 0.598. The normalized spacial score (nSPS) is 10.8. The van der Waals surface area contributed by atoms with Crippen LogP contribution in [0.5, 0.6) is 0 Å². The third-order valence-electron chi connectivity index (χ3n) is 1.03. The van der Waals surface area contributed by atoms with Gasteiger partial charge in [0.25, 0.3) is 0 Å². The van der Waals surface area contributed by atoms with E-state index >= 15 is 0 Å². The molecule has 0 unspecified atom stereocenters. The van der Waals surface area contributed by atoms with E-state index in [0.717, 1.165) is 3.93 Å². The summed E-state index contributed by atoms with van der Waals surface area (Å²) in [5.41, 5.74) is -0.512. The van der Waals surface area contributed by atoms with Crippen molar-refractivity contribution in [1.29, 1.82) is 0 Å². The second kappa shape index (κ2) is 4.60. The van der Waals surface area contributed by atoms with E-state index in [1.165, 1.54) is 6.92 Å². The molecule has 0 saturated heterocycles. The summed E-state index contributed by atoms with van der Waals surface area (Å²) in [5, 5.41) is 0. The fraction of sp³-hybridized carbons (Fsp3) is 0.750. The molecule has 0 aliphatic rings. The molecule has 0 aromatic heterocycles. The van der Waals surface area contributed by atoms with E-state index in [9.17, 15) is 9.59 Å². The predicted molar refractivity (Wildman–Crippen MR) is 52.2 cm³/mol. The van der Waals surface area contributed by atoms with E-state index in [1.807, 2.05) is 0 Å². The molecule has 13 heavy (non-hydrogen) atoms. The Morgan fingerprint density at radius 3 is 2.15 bits per heavy atom. The summed E-state index contributed by atoms with van der Waals surface area (Å²) in [5.74, 6) is -0.662. The van der Waals surface area contributed by atoms with Gasteiger partial charge in [0.05, 0.1) is 16.1 Å². The minimum Gasteiger partial charge on any atom is -0.459 e. The molecule has 0 aromatic rings. The Morgan fingerprint density at radius 2 is 1.85 bits per heavy atom. The zero-order valence-corrected chi connectivity index (χ0v) is 9.84. The van der Waals surface area contributed by atoms with Crippen molar-refractivity contribution in [2.45, 2.75) is 33.3 Å². The Kier molecular flexibility index (Phi) is 4.39. The van der Waals surface area contributed by atoms with E-state index in [2.05, 4.69) is 16.1 Å². The third kappa shape index (κ3) is 6.57. The Labute approximate surface area is 86.6 Å². The zero-order chi connectivity index (χ0) is 10.6. The molecule has 0 fully saturated rings. The van der Waals surface area contributed by atoms with Crippen LogP contribution in [0.2, 0.25) is 0 Å². The smallest absolute Gasteiger partial charge is 0.327 e. The van der Waals surface area contributed by atoms with Crippen molar-refractivity contribution >= 4 is 28.0 Å². The molecule has 0 atom stereocenters. The van der Waals surface area contributed by atoms with Gasteiger partial charge in [-0.1, -0.05) is 0 Å². The third-order valence-corrected chi connectivity index (χ3v) is 1.78. The lowest BCUT2D eigenvalue weighted by Crippen LogP contribution is -2.32. The summed E-state index contributed by atoms with van der Waals surface area (Å²) in [6, 6.07) is 0. The summed E-state index contributed by atoms with van der Waals surface area (Å²) in [6.07, 6.45) is 0. The van der Waals surface area contributed by atoms with Gasteiger partial charge in [-0.25, -0.2) is 0 Å². The van der Waals surface area contributed by atoms with Gasteiger partial charge >= 0.3 is 5.97 Å². The molecule has 0 bridgehead atoms. The standard InChI is InChI=1S/C8H14BrNO3/c1-6(11)10(9)5-7(12)13-8(2,3)4/h5H2,1-4H3. The Morgan fingerprint density at radius 1 is 1.38 bits per heavy atom. The lowest BCUT2D eigenvalue weighted by Gasteiger charge is -2.20. The Hall–Kier alpha value is -0.580. The van der Waals surface area contributed by atoms with Gasteiger partial charge in [-0.3, -0.25) is 13.5 Å². The first kappa shape index (κ1) is 12.4. The van der Waals surface area contributed by atoms with Crippen LogP contribution in [0, 0.1) is 0 Å². The number of halogens is 1. The minimum absolute atomic E-state index is 0.0768. The molecular formula is C8H14BrNO3. The molecule has 0 saturated carbocycles. The van der Waals surface area contributed by atoms with Gasteiger partial charge in [-0.2, -0.15) is 0 Å². The maximum Gasteiger partial charge on any atom is 0.327 e. The zero-order valence-electron chi connectivity index (χ0n) is 8.26. The summed E-state index contributed by atoms with van der Waals surface area (Å²) in [6.45, 7) is 6.61. The number of nitrogens with zero attached hydrogens (tertiary/aromatic N) is 1. The molecule has 0 aromatic carbocycles. The molecule has 0 radical (unpaired) electrons. The second-order valence-electron chi connectivity index (χ2n) is 3.63. The van der Waals surface area contributed by atoms with Crippen molar-refractivity contribution in [2.24, 2.45) is 0 Å². The molecule has 0 N–H and O–H groups in total. The lowest BCUT2D eigenvalue weighted by molar-refractivity contribution is -0.156. The molecule has 1 amide bonds. The molecule has 76 valence electrons. The second-order valence-corrected chi connectivity index (χ2v) is 4.48. The maximum atomic E-state index is 11.1. The molecule has 4 nitrogen and oxygen atoms in total. The number of esters is 1. The summed E-state index contributed by atoms with van der Waals surface area (Å²) in [7, 11) is 0. The number of ether oxygens (including phenoxy) is 1. The summed E-state index contributed by atoms with van der Waals surface area (Å²) < 4.78 is 6.12. The SMILES string of the molecule is CC(=O)N(Br)CC(=O)OC(C)(C)C. The van der Waals surface area contributed by atoms with E-state index in [4.69, 9.17) is 4.74 Å². The summed E-state index contributed by atoms with van der Waals surface area (Å²) in [4.78, 5) is 21.8. The van der Waals surface area contributed by atoms with Gasteiger partial charge < -0.3 is 4.74 Å². The highest BCUT2D eigenvalue weighted by atomic mass is 79.9. The minimum atomic E-state index is -0.512. The first-order valence-corrected chi connectivity index (χ1v) is 4.59. The molecular weight excluding hydrogens is 238 g/mol. The van der Waals surface area contributed by atoms with Crippen LogP contribution in [0.1, 0.15) is 27.7 Å². The van der Waals surface area contributed by atoms with Crippen LogP contribution in [0.3, 0.4) is 0 Å². The fourth-order valence-corrected chi connectivity index (χ4v) is 0.803. The molecule has 0 spiro atoms. The summed E-state index contributed by atoms with van der Waals surface area (Å²) >= 11 is 2.93. The number of hydrogen-bond acceptors (Lipinski definition) is 3. The van der Waals surface area contributed by atoms with E-state index in [0.29, 0.717) is 0 Å². The van der Waals surface area contributed by atoms with Gasteiger partial charge in [0.1, 0.15) is 12.1 Å². The Balaban J connectivity index is 3.96. The molecule has 0 heterocycles. The lowest BCUT2D eigenvalue weighted by atomic mass is 10.2. The highest BCUT2D eigenvalue weighted by molar-refractivity contribution is 9.07. The van der Waals surface area contributed by atoms with Crippen LogP contribution in [0.25, 0.3) is 0 Å². The topological polar surface area (TPSA) is 46.6 Å². The van der Waals surface area contributed by atoms with Gasteiger partial charge in [-0.05, 0) is 20.8 Å². The van der Waals surface area contributed by atoms with Crippen LogP contribution in [0.15, 0.2) is 0 Å². The van der Waals surface area contributed by atoms with Crippen molar-refractivity contribution in [2.75, 3.05) is 6.54 Å².